The summed E-state index contributed by atoms with van der Waals surface area (Å²) in [5.74, 6) is 2.00. The van der Waals surface area contributed by atoms with Gasteiger partial charge in [-0.15, -0.1) is 16.8 Å². The van der Waals surface area contributed by atoms with Crippen molar-refractivity contribution in [2.75, 3.05) is 14.2 Å². The lowest BCUT2D eigenvalue weighted by Gasteiger charge is -2.13. The summed E-state index contributed by atoms with van der Waals surface area (Å²) in [6.07, 6.45) is 1.79. The van der Waals surface area contributed by atoms with Crippen molar-refractivity contribution in [3.8, 4) is 11.5 Å². The Labute approximate surface area is 186 Å². The first-order chi connectivity index (χ1) is 15.1. The summed E-state index contributed by atoms with van der Waals surface area (Å²) in [7, 11) is 3.04. The van der Waals surface area contributed by atoms with Crippen LogP contribution in [0.15, 0.2) is 60.3 Å². The topological polar surface area (TPSA) is 78.3 Å². The average Bonchev–Trinajstić information content (AvgIpc) is 3.17. The van der Waals surface area contributed by atoms with E-state index < -0.39 is 0 Å². The molecule has 0 spiro atoms. The van der Waals surface area contributed by atoms with Gasteiger partial charge in [-0.1, -0.05) is 53.7 Å². The highest BCUT2D eigenvalue weighted by molar-refractivity contribution is 7.98. The first kappa shape index (κ1) is 22.4. The van der Waals surface area contributed by atoms with Crippen molar-refractivity contribution in [1.29, 1.82) is 0 Å². The van der Waals surface area contributed by atoms with E-state index >= 15 is 0 Å². The predicted molar refractivity (Wildman–Crippen MR) is 122 cm³/mol. The third kappa shape index (κ3) is 5.46. The standard InChI is InChI=1S/C23H26N4O3S/c1-5-12-27-20(25-26-23(27)31-15-17-9-6-8-16(2)13-17)14-24-22(28)21-18(29-3)10-7-11-19(21)30-4/h5-11,13H,1,12,14-15H2,2-4H3,(H,24,28). The van der Waals surface area contributed by atoms with E-state index in [4.69, 9.17) is 9.47 Å². The van der Waals surface area contributed by atoms with E-state index in [1.54, 1.807) is 36.0 Å². The number of nitrogens with one attached hydrogen (secondary N) is 1. The van der Waals surface area contributed by atoms with Crippen LogP contribution < -0.4 is 14.8 Å². The summed E-state index contributed by atoms with van der Waals surface area (Å²) >= 11 is 1.60. The number of aromatic nitrogens is 3. The molecule has 0 radical (unpaired) electrons. The van der Waals surface area contributed by atoms with Crippen LogP contribution in [0.2, 0.25) is 0 Å². The Morgan fingerprint density at radius 1 is 1.16 bits per heavy atom. The van der Waals surface area contributed by atoms with Gasteiger partial charge >= 0.3 is 0 Å². The van der Waals surface area contributed by atoms with Gasteiger partial charge in [-0.2, -0.15) is 0 Å². The van der Waals surface area contributed by atoms with Crippen molar-refractivity contribution in [2.45, 2.75) is 30.9 Å². The molecule has 0 fully saturated rings. The maximum atomic E-state index is 12.8. The summed E-state index contributed by atoms with van der Waals surface area (Å²) < 4.78 is 12.6. The van der Waals surface area contributed by atoms with Crippen LogP contribution in [0.3, 0.4) is 0 Å². The molecular weight excluding hydrogens is 412 g/mol. The molecule has 3 rings (SSSR count). The van der Waals surface area contributed by atoms with Gasteiger partial charge in [-0.3, -0.25) is 4.79 Å². The molecule has 1 heterocycles. The number of hydrogen-bond acceptors (Lipinski definition) is 6. The van der Waals surface area contributed by atoms with Crippen LogP contribution in [0.25, 0.3) is 0 Å². The van der Waals surface area contributed by atoms with Crippen LogP contribution in [0.4, 0.5) is 0 Å². The lowest BCUT2D eigenvalue weighted by atomic mass is 10.1. The number of allylic oxidation sites excluding steroid dienone is 1. The maximum absolute atomic E-state index is 12.8. The number of amides is 1. The zero-order valence-electron chi connectivity index (χ0n) is 17.9. The normalized spacial score (nSPS) is 10.5. The van der Waals surface area contributed by atoms with Gasteiger partial charge in [0, 0.05) is 12.3 Å². The molecule has 0 aliphatic rings. The van der Waals surface area contributed by atoms with Crippen LogP contribution in [0, 0.1) is 6.92 Å². The second kappa shape index (κ2) is 10.7. The van der Waals surface area contributed by atoms with Gasteiger partial charge in [0.25, 0.3) is 5.91 Å². The number of nitrogens with zero attached hydrogens (tertiary/aromatic N) is 3. The Morgan fingerprint density at radius 3 is 2.52 bits per heavy atom. The molecule has 1 N–H and O–H groups in total. The fourth-order valence-electron chi connectivity index (χ4n) is 3.14. The van der Waals surface area contributed by atoms with E-state index in [-0.39, 0.29) is 12.5 Å². The minimum absolute atomic E-state index is 0.214. The third-order valence-electron chi connectivity index (χ3n) is 4.62. The molecular formula is C23H26N4O3S. The second-order valence-electron chi connectivity index (χ2n) is 6.80. The zero-order chi connectivity index (χ0) is 22.2. The number of ether oxygens (including phenoxy) is 2. The lowest BCUT2D eigenvalue weighted by molar-refractivity contribution is 0.0943. The highest BCUT2D eigenvalue weighted by Crippen LogP contribution is 2.28. The van der Waals surface area contributed by atoms with E-state index in [0.717, 1.165) is 10.9 Å². The third-order valence-corrected chi connectivity index (χ3v) is 5.66. The molecule has 0 aliphatic heterocycles. The van der Waals surface area contributed by atoms with Gasteiger partial charge in [-0.25, -0.2) is 0 Å². The number of thioether (sulfide) groups is 1. The monoisotopic (exact) mass is 438 g/mol. The number of carbonyl (C=O) groups excluding carboxylic acids is 1. The Hall–Kier alpha value is -3.26. The van der Waals surface area contributed by atoms with Crippen molar-refractivity contribution >= 4 is 17.7 Å². The lowest BCUT2D eigenvalue weighted by Crippen LogP contribution is -2.25. The highest BCUT2D eigenvalue weighted by atomic mass is 32.2. The molecule has 0 atom stereocenters. The first-order valence-corrected chi connectivity index (χ1v) is 10.8. The van der Waals surface area contributed by atoms with Crippen LogP contribution in [0.1, 0.15) is 27.3 Å². The number of hydrogen-bond donors (Lipinski definition) is 1. The average molecular weight is 439 g/mol. The Morgan fingerprint density at radius 2 is 1.87 bits per heavy atom. The first-order valence-electron chi connectivity index (χ1n) is 9.77. The molecule has 31 heavy (non-hydrogen) atoms. The highest BCUT2D eigenvalue weighted by Gasteiger charge is 2.19. The molecule has 1 aromatic heterocycles. The smallest absolute Gasteiger partial charge is 0.259 e. The molecule has 162 valence electrons. The largest absolute Gasteiger partial charge is 0.496 e. The van der Waals surface area contributed by atoms with E-state index in [9.17, 15) is 4.79 Å². The van der Waals surface area contributed by atoms with Crippen LogP contribution >= 0.6 is 11.8 Å². The predicted octanol–water partition coefficient (Wildman–Crippen LogP) is 4.01. The Kier molecular flexibility index (Phi) is 7.72. The van der Waals surface area contributed by atoms with Crippen molar-refractivity contribution in [1.82, 2.24) is 20.1 Å². The van der Waals surface area contributed by atoms with Crippen LogP contribution in [-0.2, 0) is 18.8 Å². The number of aryl methyl sites for hydroxylation is 1. The number of carbonyl (C=O) groups is 1. The number of methoxy groups -OCH3 is 2. The minimum Gasteiger partial charge on any atom is -0.496 e. The zero-order valence-corrected chi connectivity index (χ0v) is 18.7. The van der Waals surface area contributed by atoms with Gasteiger partial charge in [0.05, 0.1) is 20.8 Å². The Balaban J connectivity index is 1.73. The van der Waals surface area contributed by atoms with E-state index in [0.29, 0.717) is 29.4 Å². The summed E-state index contributed by atoms with van der Waals surface area (Å²) in [5.41, 5.74) is 2.79. The van der Waals surface area contributed by atoms with Gasteiger partial charge in [-0.05, 0) is 24.6 Å². The molecule has 0 saturated heterocycles. The SMILES string of the molecule is C=CCn1c(CNC(=O)c2c(OC)cccc2OC)nnc1SCc1cccc(C)c1. The summed E-state index contributed by atoms with van der Waals surface area (Å²) in [6, 6.07) is 13.6. The fourth-order valence-corrected chi connectivity index (χ4v) is 4.05. The van der Waals surface area contributed by atoms with Crippen molar-refractivity contribution in [3.63, 3.8) is 0 Å². The quantitative estimate of drug-likeness (QED) is 0.381. The molecule has 1 amide bonds. The molecule has 0 aliphatic carbocycles. The molecule has 3 aromatic rings. The van der Waals surface area contributed by atoms with E-state index in [2.05, 4.69) is 47.2 Å². The van der Waals surface area contributed by atoms with Gasteiger partial charge in [0.1, 0.15) is 17.1 Å². The summed E-state index contributed by atoms with van der Waals surface area (Å²) in [6.45, 7) is 6.67. The van der Waals surface area contributed by atoms with Gasteiger partial charge in [0.15, 0.2) is 11.0 Å². The van der Waals surface area contributed by atoms with Crippen molar-refractivity contribution in [3.05, 3.63) is 77.6 Å². The molecule has 0 unspecified atom stereocenters. The molecule has 2 aromatic carbocycles. The van der Waals surface area contributed by atoms with Gasteiger partial charge in [0.2, 0.25) is 0 Å². The molecule has 7 nitrogen and oxygen atoms in total. The maximum Gasteiger partial charge on any atom is 0.259 e. The molecule has 0 saturated carbocycles. The molecule has 0 bridgehead atoms. The fraction of sp³-hybridized carbons (Fsp3) is 0.261. The van der Waals surface area contributed by atoms with Crippen molar-refractivity contribution in [2.24, 2.45) is 0 Å². The van der Waals surface area contributed by atoms with E-state index in [1.165, 1.54) is 25.3 Å². The van der Waals surface area contributed by atoms with Crippen LogP contribution in [0.5, 0.6) is 11.5 Å². The summed E-state index contributed by atoms with van der Waals surface area (Å²) in [5, 5.41) is 12.3. The minimum atomic E-state index is -0.309. The van der Waals surface area contributed by atoms with Gasteiger partial charge < -0.3 is 19.4 Å². The number of benzene rings is 2. The second-order valence-corrected chi connectivity index (χ2v) is 7.74. The van der Waals surface area contributed by atoms with Crippen molar-refractivity contribution < 1.29 is 14.3 Å². The number of rotatable bonds is 10. The summed E-state index contributed by atoms with van der Waals surface area (Å²) in [4.78, 5) is 12.8. The molecule has 8 heteroatoms. The van der Waals surface area contributed by atoms with E-state index in [1.807, 2.05) is 10.6 Å². The Bertz CT molecular complexity index is 1040. The van der Waals surface area contributed by atoms with Crippen LogP contribution in [-0.4, -0.2) is 34.9 Å².